The first-order chi connectivity index (χ1) is 8.92. The molecule has 1 aromatic carbocycles. The number of nitrogens with one attached hydrogen (secondary N) is 1. The fourth-order valence-electron chi connectivity index (χ4n) is 2.06. The Balaban J connectivity index is 2.98. The largest absolute Gasteiger partial charge is 0.368 e. The predicted octanol–water partition coefficient (Wildman–Crippen LogP) is 1.07. The van der Waals surface area contributed by atoms with Crippen LogP contribution in [0, 0.1) is 5.82 Å². The Kier molecular flexibility index (Phi) is 5.44. The molecule has 5 heteroatoms. The fraction of sp³-hybridized carbons (Fsp3) is 0.500. The van der Waals surface area contributed by atoms with Crippen molar-refractivity contribution in [1.29, 1.82) is 0 Å². The van der Waals surface area contributed by atoms with Crippen molar-refractivity contribution in [3.05, 3.63) is 35.6 Å². The van der Waals surface area contributed by atoms with E-state index in [1.807, 2.05) is 25.9 Å². The van der Waals surface area contributed by atoms with Crippen LogP contribution in [-0.4, -0.2) is 38.0 Å². The van der Waals surface area contributed by atoms with Gasteiger partial charge in [-0.25, -0.2) is 4.39 Å². The summed E-state index contributed by atoms with van der Waals surface area (Å²) in [7, 11) is 3.91. The van der Waals surface area contributed by atoms with Gasteiger partial charge >= 0.3 is 0 Å². The van der Waals surface area contributed by atoms with E-state index in [0.717, 1.165) is 6.54 Å². The summed E-state index contributed by atoms with van der Waals surface area (Å²) >= 11 is 0. The first-order valence-corrected chi connectivity index (χ1v) is 6.38. The molecule has 1 unspecified atom stereocenters. The van der Waals surface area contributed by atoms with Gasteiger partial charge in [-0.15, -0.1) is 0 Å². The molecule has 1 rings (SSSR count). The molecule has 0 saturated heterocycles. The highest BCUT2D eigenvalue weighted by Gasteiger charge is 2.36. The van der Waals surface area contributed by atoms with E-state index in [0.29, 0.717) is 18.5 Å². The number of carbonyl (C=O) groups excluding carboxylic acids is 1. The lowest BCUT2D eigenvalue weighted by Gasteiger charge is -2.32. The van der Waals surface area contributed by atoms with Crippen molar-refractivity contribution in [3.63, 3.8) is 0 Å². The molecule has 0 radical (unpaired) electrons. The van der Waals surface area contributed by atoms with Crippen LogP contribution in [0.5, 0.6) is 0 Å². The summed E-state index contributed by atoms with van der Waals surface area (Å²) in [6, 6.07) is 5.89. The molecule has 1 amide bonds. The Morgan fingerprint density at radius 1 is 1.37 bits per heavy atom. The maximum Gasteiger partial charge on any atom is 0.242 e. The van der Waals surface area contributed by atoms with E-state index in [1.54, 1.807) is 12.1 Å². The number of hydrogen-bond donors (Lipinski definition) is 2. The van der Waals surface area contributed by atoms with Crippen LogP contribution in [0.2, 0.25) is 0 Å². The number of nitrogens with zero attached hydrogens (tertiary/aromatic N) is 1. The number of likely N-dealkylation sites (N-methyl/N-ethyl adjacent to an activating group) is 1. The first-order valence-electron chi connectivity index (χ1n) is 6.38. The minimum atomic E-state index is -0.941. The highest BCUT2D eigenvalue weighted by Crippen LogP contribution is 2.25. The van der Waals surface area contributed by atoms with Gasteiger partial charge in [-0.1, -0.05) is 19.1 Å². The Morgan fingerprint density at radius 2 is 1.95 bits per heavy atom. The molecule has 0 spiro atoms. The molecule has 0 fully saturated rings. The minimum absolute atomic E-state index is 0.327. The molecule has 4 nitrogen and oxygen atoms in total. The van der Waals surface area contributed by atoms with Crippen LogP contribution in [-0.2, 0) is 10.3 Å². The van der Waals surface area contributed by atoms with Gasteiger partial charge in [0.05, 0.1) is 0 Å². The first kappa shape index (κ1) is 15.6. The van der Waals surface area contributed by atoms with Gasteiger partial charge in [-0.3, -0.25) is 10.1 Å². The van der Waals surface area contributed by atoms with E-state index in [2.05, 4.69) is 5.32 Å². The minimum Gasteiger partial charge on any atom is -0.368 e. The summed E-state index contributed by atoms with van der Waals surface area (Å²) in [6.45, 7) is 3.30. The van der Waals surface area contributed by atoms with E-state index in [9.17, 15) is 9.18 Å². The Hall–Kier alpha value is -1.46. The van der Waals surface area contributed by atoms with Gasteiger partial charge in [0.15, 0.2) is 0 Å². The number of halogens is 1. The number of amides is 1. The molecule has 106 valence electrons. The van der Waals surface area contributed by atoms with Crippen molar-refractivity contribution < 1.29 is 9.18 Å². The van der Waals surface area contributed by atoms with Crippen LogP contribution in [0.3, 0.4) is 0 Å². The van der Waals surface area contributed by atoms with Crippen molar-refractivity contribution in [2.45, 2.75) is 18.9 Å². The topological polar surface area (TPSA) is 58.4 Å². The van der Waals surface area contributed by atoms with Crippen LogP contribution in [0.4, 0.5) is 4.39 Å². The second kappa shape index (κ2) is 6.63. The lowest BCUT2D eigenvalue weighted by atomic mass is 9.86. The van der Waals surface area contributed by atoms with Gasteiger partial charge < -0.3 is 10.6 Å². The van der Waals surface area contributed by atoms with Crippen LogP contribution < -0.4 is 11.1 Å². The highest BCUT2D eigenvalue weighted by molar-refractivity contribution is 5.86. The zero-order chi connectivity index (χ0) is 14.5. The number of primary amides is 1. The molecule has 1 atom stereocenters. The van der Waals surface area contributed by atoms with Crippen LogP contribution >= 0.6 is 0 Å². The lowest BCUT2D eigenvalue weighted by molar-refractivity contribution is -0.125. The maximum atomic E-state index is 13.0. The van der Waals surface area contributed by atoms with Gasteiger partial charge in [0, 0.05) is 13.1 Å². The normalized spacial score (nSPS) is 14.4. The van der Waals surface area contributed by atoms with Crippen molar-refractivity contribution in [2.75, 3.05) is 27.2 Å². The van der Waals surface area contributed by atoms with E-state index in [4.69, 9.17) is 5.73 Å². The number of benzene rings is 1. The van der Waals surface area contributed by atoms with Crippen molar-refractivity contribution >= 4 is 5.91 Å². The van der Waals surface area contributed by atoms with E-state index < -0.39 is 11.4 Å². The lowest BCUT2D eigenvalue weighted by Crippen LogP contribution is -2.53. The van der Waals surface area contributed by atoms with Crippen LogP contribution in [0.1, 0.15) is 18.9 Å². The fourth-order valence-corrected chi connectivity index (χ4v) is 2.06. The Bertz CT molecular complexity index is 419. The third-order valence-corrected chi connectivity index (χ3v) is 3.27. The second-order valence-corrected chi connectivity index (χ2v) is 4.86. The molecule has 0 aromatic heterocycles. The van der Waals surface area contributed by atoms with Crippen LogP contribution in [0.15, 0.2) is 24.3 Å². The molecule has 1 aromatic rings. The Morgan fingerprint density at radius 3 is 2.37 bits per heavy atom. The summed E-state index contributed by atoms with van der Waals surface area (Å²) in [5.74, 6) is -0.771. The van der Waals surface area contributed by atoms with Crippen LogP contribution in [0.25, 0.3) is 0 Å². The SMILES string of the molecule is CCC(NCCN(C)C)(C(N)=O)c1ccc(F)cc1. The average Bonchev–Trinajstić information content (AvgIpc) is 2.35. The summed E-state index contributed by atoms with van der Waals surface area (Å²) in [4.78, 5) is 13.9. The highest BCUT2D eigenvalue weighted by atomic mass is 19.1. The number of rotatable bonds is 7. The number of nitrogens with two attached hydrogens (primary N) is 1. The number of carbonyl (C=O) groups is 1. The third kappa shape index (κ3) is 3.75. The molecular weight excluding hydrogens is 245 g/mol. The average molecular weight is 267 g/mol. The summed E-state index contributed by atoms with van der Waals surface area (Å²) in [5, 5.41) is 3.21. The molecular formula is C14H22FN3O. The van der Waals surface area contributed by atoms with E-state index in [-0.39, 0.29) is 5.82 Å². The Labute approximate surface area is 113 Å². The zero-order valence-electron chi connectivity index (χ0n) is 11.7. The summed E-state index contributed by atoms with van der Waals surface area (Å²) in [6.07, 6.45) is 0.515. The monoisotopic (exact) mass is 267 g/mol. The predicted molar refractivity (Wildman–Crippen MR) is 74.1 cm³/mol. The molecule has 3 N–H and O–H groups in total. The second-order valence-electron chi connectivity index (χ2n) is 4.86. The standard InChI is InChI=1S/C14H22FN3O/c1-4-14(13(16)19,17-9-10-18(2)3)11-5-7-12(15)8-6-11/h5-8,17H,4,9-10H2,1-3H3,(H2,16,19). The molecule has 0 bridgehead atoms. The molecule has 0 aliphatic carbocycles. The molecule has 0 aliphatic heterocycles. The zero-order valence-corrected chi connectivity index (χ0v) is 11.7. The molecule has 0 aliphatic rings. The summed E-state index contributed by atoms with van der Waals surface area (Å²) < 4.78 is 13.0. The van der Waals surface area contributed by atoms with Crippen molar-refractivity contribution in [1.82, 2.24) is 10.2 Å². The van der Waals surface area contributed by atoms with Crippen molar-refractivity contribution in [2.24, 2.45) is 5.73 Å². The van der Waals surface area contributed by atoms with Gasteiger partial charge in [0.1, 0.15) is 11.4 Å². The molecule has 0 saturated carbocycles. The van der Waals surface area contributed by atoms with Gasteiger partial charge in [-0.2, -0.15) is 0 Å². The van der Waals surface area contributed by atoms with E-state index >= 15 is 0 Å². The quantitative estimate of drug-likeness (QED) is 0.777. The van der Waals surface area contributed by atoms with Gasteiger partial charge in [0.25, 0.3) is 0 Å². The van der Waals surface area contributed by atoms with Gasteiger partial charge in [-0.05, 0) is 38.2 Å². The van der Waals surface area contributed by atoms with Crippen molar-refractivity contribution in [3.8, 4) is 0 Å². The number of hydrogen-bond acceptors (Lipinski definition) is 3. The van der Waals surface area contributed by atoms with E-state index in [1.165, 1.54) is 12.1 Å². The maximum absolute atomic E-state index is 13.0. The van der Waals surface area contributed by atoms with Gasteiger partial charge in [0.2, 0.25) is 5.91 Å². The molecule has 0 heterocycles. The third-order valence-electron chi connectivity index (χ3n) is 3.27. The molecule has 19 heavy (non-hydrogen) atoms. The summed E-state index contributed by atoms with van der Waals surface area (Å²) in [5.41, 5.74) is 5.32. The smallest absolute Gasteiger partial charge is 0.242 e.